The zero-order valence-corrected chi connectivity index (χ0v) is 11.8. The summed E-state index contributed by atoms with van der Waals surface area (Å²) in [5.41, 5.74) is 12.1. The molecule has 0 radical (unpaired) electrons. The van der Waals surface area contributed by atoms with E-state index in [1.807, 2.05) is 31.2 Å². The zero-order valence-electron chi connectivity index (χ0n) is 11.0. The number of rotatable bonds is 2. The van der Waals surface area contributed by atoms with Crippen molar-refractivity contribution in [3.63, 3.8) is 0 Å². The van der Waals surface area contributed by atoms with Crippen LogP contribution in [0.3, 0.4) is 0 Å². The summed E-state index contributed by atoms with van der Waals surface area (Å²) in [6, 6.07) is 12.1. The quantitative estimate of drug-likeness (QED) is 0.854. The van der Waals surface area contributed by atoms with Crippen LogP contribution in [0.15, 0.2) is 36.4 Å². The molecule has 2 aromatic rings. The van der Waals surface area contributed by atoms with Gasteiger partial charge in [-0.1, -0.05) is 41.9 Å². The molecule has 0 saturated heterocycles. The van der Waals surface area contributed by atoms with Crippen LogP contribution in [0.2, 0.25) is 5.02 Å². The smallest absolute Gasteiger partial charge is 0.0569 e. The predicted molar refractivity (Wildman–Crippen MR) is 78.1 cm³/mol. The molecule has 0 heterocycles. The summed E-state index contributed by atoms with van der Waals surface area (Å²) in [6.07, 6.45) is 0. The topological polar surface area (TPSA) is 26.0 Å². The molecule has 1 unspecified atom stereocenters. The molecule has 1 atom stereocenters. The van der Waals surface area contributed by atoms with Gasteiger partial charge in [-0.15, -0.1) is 0 Å². The first-order valence-electron chi connectivity index (χ1n) is 6.08. The lowest BCUT2D eigenvalue weighted by Gasteiger charge is -2.18. The number of benzene rings is 2. The van der Waals surface area contributed by atoms with Crippen LogP contribution in [0.5, 0.6) is 0 Å². The third kappa shape index (κ3) is 2.43. The van der Waals surface area contributed by atoms with Crippen molar-refractivity contribution >= 4 is 11.6 Å². The van der Waals surface area contributed by atoms with Gasteiger partial charge in [0.05, 0.1) is 6.04 Å². The maximum atomic E-state index is 6.35. The van der Waals surface area contributed by atoms with Crippen molar-refractivity contribution in [3.8, 4) is 0 Å². The maximum absolute atomic E-state index is 6.35. The molecule has 0 fully saturated rings. The fourth-order valence-electron chi connectivity index (χ4n) is 2.16. The van der Waals surface area contributed by atoms with Crippen molar-refractivity contribution in [2.24, 2.45) is 5.73 Å². The fraction of sp³-hybridized carbons (Fsp3) is 0.250. The second-order valence-corrected chi connectivity index (χ2v) is 5.20. The van der Waals surface area contributed by atoms with E-state index in [-0.39, 0.29) is 6.04 Å². The van der Waals surface area contributed by atoms with E-state index in [0.717, 1.165) is 21.7 Å². The number of hydrogen-bond acceptors (Lipinski definition) is 1. The average molecular weight is 260 g/mol. The second kappa shape index (κ2) is 5.13. The minimum Gasteiger partial charge on any atom is -0.320 e. The van der Waals surface area contributed by atoms with Gasteiger partial charge in [0.25, 0.3) is 0 Å². The fourth-order valence-corrected chi connectivity index (χ4v) is 2.52. The molecule has 0 amide bonds. The monoisotopic (exact) mass is 259 g/mol. The van der Waals surface area contributed by atoms with Crippen LogP contribution in [0, 0.1) is 20.8 Å². The van der Waals surface area contributed by atoms with Crippen molar-refractivity contribution < 1.29 is 0 Å². The first-order valence-corrected chi connectivity index (χ1v) is 6.46. The Bertz CT molecular complexity index is 575. The summed E-state index contributed by atoms with van der Waals surface area (Å²) in [7, 11) is 0. The van der Waals surface area contributed by atoms with E-state index in [9.17, 15) is 0 Å². The van der Waals surface area contributed by atoms with Gasteiger partial charge in [0.1, 0.15) is 0 Å². The largest absolute Gasteiger partial charge is 0.320 e. The van der Waals surface area contributed by atoms with Gasteiger partial charge in [-0.2, -0.15) is 0 Å². The van der Waals surface area contributed by atoms with Gasteiger partial charge in [0.2, 0.25) is 0 Å². The SMILES string of the molecule is Cc1ccc(C(N)c2cccc(C)c2C)c(Cl)c1. The van der Waals surface area contributed by atoms with Crippen molar-refractivity contribution in [2.45, 2.75) is 26.8 Å². The van der Waals surface area contributed by atoms with Crippen LogP contribution in [-0.4, -0.2) is 0 Å². The zero-order chi connectivity index (χ0) is 13.3. The maximum Gasteiger partial charge on any atom is 0.0569 e. The molecule has 2 N–H and O–H groups in total. The Morgan fingerprint density at radius 3 is 2.39 bits per heavy atom. The van der Waals surface area contributed by atoms with Crippen LogP contribution in [0.25, 0.3) is 0 Å². The molecule has 2 heteroatoms. The molecule has 18 heavy (non-hydrogen) atoms. The van der Waals surface area contributed by atoms with Crippen LogP contribution in [0.4, 0.5) is 0 Å². The lowest BCUT2D eigenvalue weighted by atomic mass is 9.93. The van der Waals surface area contributed by atoms with Crippen molar-refractivity contribution in [3.05, 3.63) is 69.2 Å². The third-order valence-corrected chi connectivity index (χ3v) is 3.80. The molecule has 0 aliphatic rings. The second-order valence-electron chi connectivity index (χ2n) is 4.79. The summed E-state index contributed by atoms with van der Waals surface area (Å²) in [5.74, 6) is 0. The minimum atomic E-state index is -0.169. The normalized spacial score (nSPS) is 12.5. The Morgan fingerprint density at radius 1 is 1.00 bits per heavy atom. The van der Waals surface area contributed by atoms with Gasteiger partial charge in [0.15, 0.2) is 0 Å². The van der Waals surface area contributed by atoms with E-state index >= 15 is 0 Å². The summed E-state index contributed by atoms with van der Waals surface area (Å²) >= 11 is 6.29. The van der Waals surface area contributed by atoms with Crippen molar-refractivity contribution in [1.29, 1.82) is 0 Å². The molecular formula is C16H18ClN. The van der Waals surface area contributed by atoms with Gasteiger partial charge < -0.3 is 5.73 Å². The molecule has 94 valence electrons. The van der Waals surface area contributed by atoms with Gasteiger partial charge >= 0.3 is 0 Å². The van der Waals surface area contributed by atoms with E-state index in [4.69, 9.17) is 17.3 Å². The third-order valence-electron chi connectivity index (χ3n) is 3.47. The molecule has 0 aliphatic carbocycles. The summed E-state index contributed by atoms with van der Waals surface area (Å²) in [6.45, 7) is 6.23. The lowest BCUT2D eigenvalue weighted by molar-refractivity contribution is 0.858. The average Bonchev–Trinajstić information content (AvgIpc) is 2.32. The minimum absolute atomic E-state index is 0.169. The van der Waals surface area contributed by atoms with Crippen LogP contribution >= 0.6 is 11.6 Å². The predicted octanol–water partition coefficient (Wildman–Crippen LogP) is 4.31. The standard InChI is InChI=1S/C16H18ClN/c1-10-7-8-14(15(17)9-10)16(18)13-6-4-5-11(2)12(13)3/h4-9,16H,18H2,1-3H3. The highest BCUT2D eigenvalue weighted by Crippen LogP contribution is 2.29. The van der Waals surface area contributed by atoms with E-state index in [2.05, 4.69) is 26.0 Å². The molecule has 2 rings (SSSR count). The van der Waals surface area contributed by atoms with Gasteiger partial charge in [-0.3, -0.25) is 0 Å². The molecule has 2 aromatic carbocycles. The number of hydrogen-bond donors (Lipinski definition) is 1. The van der Waals surface area contributed by atoms with Crippen LogP contribution < -0.4 is 5.73 Å². The van der Waals surface area contributed by atoms with E-state index < -0.39 is 0 Å². The van der Waals surface area contributed by atoms with Crippen molar-refractivity contribution in [1.82, 2.24) is 0 Å². The summed E-state index contributed by atoms with van der Waals surface area (Å²) < 4.78 is 0. The Labute approximate surface area is 114 Å². The Balaban J connectivity index is 2.48. The van der Waals surface area contributed by atoms with Crippen molar-refractivity contribution in [2.75, 3.05) is 0 Å². The summed E-state index contributed by atoms with van der Waals surface area (Å²) in [5, 5.41) is 0.739. The first-order chi connectivity index (χ1) is 8.50. The number of aryl methyl sites for hydroxylation is 2. The lowest BCUT2D eigenvalue weighted by Crippen LogP contribution is -2.14. The number of halogens is 1. The summed E-state index contributed by atoms with van der Waals surface area (Å²) in [4.78, 5) is 0. The van der Waals surface area contributed by atoms with E-state index in [1.165, 1.54) is 11.1 Å². The Morgan fingerprint density at radius 2 is 1.72 bits per heavy atom. The molecule has 0 saturated carbocycles. The molecule has 1 nitrogen and oxygen atoms in total. The molecular weight excluding hydrogens is 242 g/mol. The van der Waals surface area contributed by atoms with Gasteiger partial charge in [-0.05, 0) is 54.7 Å². The molecule has 0 aliphatic heterocycles. The van der Waals surface area contributed by atoms with Gasteiger partial charge in [-0.25, -0.2) is 0 Å². The highest BCUT2D eigenvalue weighted by molar-refractivity contribution is 6.31. The molecule has 0 bridgehead atoms. The highest BCUT2D eigenvalue weighted by Gasteiger charge is 2.15. The van der Waals surface area contributed by atoms with Gasteiger partial charge in [0, 0.05) is 5.02 Å². The molecule has 0 spiro atoms. The highest BCUT2D eigenvalue weighted by atomic mass is 35.5. The Hall–Kier alpha value is -1.31. The van der Waals surface area contributed by atoms with E-state index in [0.29, 0.717) is 0 Å². The number of nitrogens with two attached hydrogens (primary N) is 1. The van der Waals surface area contributed by atoms with Crippen LogP contribution in [0.1, 0.15) is 33.9 Å². The van der Waals surface area contributed by atoms with E-state index in [1.54, 1.807) is 0 Å². The Kier molecular flexibility index (Phi) is 3.74. The first kappa shape index (κ1) is 13.1. The van der Waals surface area contributed by atoms with Crippen LogP contribution in [-0.2, 0) is 0 Å². The molecule has 0 aromatic heterocycles.